The van der Waals surface area contributed by atoms with Crippen molar-refractivity contribution in [2.24, 2.45) is 0 Å². The second-order valence-corrected chi connectivity index (χ2v) is 34.6. The molecule has 0 bridgehead atoms. The first kappa shape index (κ1) is 113. The van der Waals surface area contributed by atoms with E-state index < -0.39 is 440 Å². The zero-order chi connectivity index (χ0) is 101. The lowest BCUT2D eigenvalue weighted by molar-refractivity contribution is -0.399. The monoisotopic (exact) mass is 2010 g/mol. The van der Waals surface area contributed by atoms with Crippen molar-refractivity contribution in [1.82, 2.24) is 26.6 Å². The zero-order valence-corrected chi connectivity index (χ0v) is 73.6. The summed E-state index contributed by atoms with van der Waals surface area (Å²) in [7, 11) is 0. The van der Waals surface area contributed by atoms with Gasteiger partial charge in [0.1, 0.15) is 268 Å². The summed E-state index contributed by atoms with van der Waals surface area (Å²) in [6, 6.07) is -9.68. The lowest BCUT2D eigenvalue weighted by Gasteiger charge is -2.51. The van der Waals surface area contributed by atoms with Crippen molar-refractivity contribution < 1.29 is 277 Å². The van der Waals surface area contributed by atoms with Gasteiger partial charge in [0.2, 0.25) is 29.5 Å². The number of aliphatic hydroxyl groups excluding tert-OH is 30. The van der Waals surface area contributed by atoms with Crippen LogP contribution in [0.25, 0.3) is 0 Å². The molecule has 0 unspecified atom stereocenters. The summed E-state index contributed by atoms with van der Waals surface area (Å²) in [5.41, 5.74) is 0. The highest BCUT2D eigenvalue weighted by molar-refractivity contribution is 5.75. The third-order valence-electron chi connectivity index (χ3n) is 25.0. The highest BCUT2D eigenvalue weighted by atomic mass is 16.8. The molecule has 61 nitrogen and oxygen atoms in total. The van der Waals surface area contributed by atoms with Crippen LogP contribution in [-0.2, 0) is 123 Å². The average Bonchev–Trinajstić information content (AvgIpc) is 0.761. The zero-order valence-electron chi connectivity index (χ0n) is 73.6. The van der Waals surface area contributed by atoms with Gasteiger partial charge in [0, 0.05) is 34.6 Å². The van der Waals surface area contributed by atoms with Crippen molar-refractivity contribution in [1.29, 1.82) is 0 Å². The molecular weight excluding hydrogens is 1880 g/mol. The largest absolute Gasteiger partial charge is 0.394 e. The molecule has 0 aliphatic carbocycles. The number of carbonyl (C=O) groups excluding carboxylic acids is 5. The highest BCUT2D eigenvalue weighted by Crippen LogP contribution is 2.42. The lowest BCUT2D eigenvalue weighted by atomic mass is 9.93. The molecule has 11 rings (SSSR count). The minimum Gasteiger partial charge on any atom is -0.394 e. The first-order valence-corrected chi connectivity index (χ1v) is 43.6. The van der Waals surface area contributed by atoms with E-state index in [0.29, 0.717) is 0 Å². The molecule has 0 aromatic rings. The molecule has 0 aromatic heterocycles. The normalized spacial score (nSPS) is 48.9. The molecule has 11 heterocycles. The van der Waals surface area contributed by atoms with Gasteiger partial charge in [-0.15, -0.1) is 0 Å². The van der Waals surface area contributed by atoms with E-state index in [9.17, 15) is 177 Å². The maximum absolute atomic E-state index is 13.2. The Morgan fingerprint density at radius 1 is 0.190 bits per heavy atom. The molecule has 61 heteroatoms. The summed E-state index contributed by atoms with van der Waals surface area (Å²) in [4.78, 5) is 64.8. The van der Waals surface area contributed by atoms with Crippen LogP contribution in [0.3, 0.4) is 0 Å². The SMILES string of the molecule is CC(=O)N[C@@H]1[C@@H](O)[C@H](O[C@@H]2O[C@H](CO)[C@@H](O[C@@H]3O[C@H](CO[C@H]4O[C@H](CO[C@@H]5O[C@H](CO)[C@@H](O[C@@H]6O[C@H](CO)[C@H](O)[C@H](O)[C@H]6O)[C@@H](O)[C@H]5NC(C)=O)[C@@H](O)[C@H](O)[C@@H]4O[C@@H]4O[C@H](CO)[C@@H](O[C@@H]5O[C@H](CO)[C@H](O)[C@H](O)[C@H]5O)[C@H](O)[C@H]4NC(C)=O)[C@@H](O)[C@H](O[C@H]4O[C@H](CO)[C@@H](O)[C@H](O)[C@@H]4O[C@@H]4O[C@H](CO)[C@@H](O[C@@H]5O[C@H](CO)[C@H](O)[C@H](O)[C@H]5O)[C@H](O)[C@H]4NC(C)=O)[C@@H]3O)[C@H](O)[C@H]2NC(C)=O)[C@@H](CO)O[C@H]1O. The topological polar surface area (TPSA) is 946 Å². The van der Waals surface area contributed by atoms with Crippen molar-refractivity contribution in [3.8, 4) is 0 Å². The van der Waals surface area contributed by atoms with Crippen LogP contribution in [0.4, 0.5) is 0 Å². The standard InChI is InChI=1S/C76H127N5O56/c1-17(91)77-33-44(102)58(26(10-86)119-66(33)116)130-68-35(79-19(3)93)46(104)62(30(14-90)125-68)134-74-57(115)63(135-76-65(52(110)41(99)25(9-85)123-76)137-70-37(81-21(5)95)48(106)61(29(13-89)127-70)133-73-56(114)51(109)40(98)24(8-84)122-73)43(101)32(128-74)16-118-75-64(136-69-36(80-20(4)94)47(105)60(28(12-88)126-69)132-72-55(113)50(108)39(97)23(7-83)121-72)53(111)42(100)31(129-75)15-117-67-34(78-18(2)92)45(103)59(27(11-87)124-67)131-71-54(112)49(107)38(96)22(6-82)120-71/h22-76,82-90,96-116H,6-16H2,1-5H3,(H,77,91)(H,78,92)(H,79,93)(H,80,94)(H,81,95)/t22-,23-,24-,25-,26-,27-,28-,29-,30-,31-,32-,33-,34-,35-,36-,37-,38+,39+,40+,41-,42-,43-,44-,45+,46-,47-,48-,49+,50+,51+,52+,53+,54-,55-,56-,57+,58-,59-,60-,61-,62-,63+,64+,65+,66-,67-,68+,69+,70+,71+,72+,73+,74+,75+,76-/m1/s1. The number of amides is 5. The summed E-state index contributed by atoms with van der Waals surface area (Å²) >= 11 is 0. The summed E-state index contributed by atoms with van der Waals surface area (Å²) < 4.78 is 126. The van der Waals surface area contributed by atoms with E-state index in [4.69, 9.17) is 99.5 Å². The van der Waals surface area contributed by atoms with Gasteiger partial charge in [-0.2, -0.15) is 0 Å². The van der Waals surface area contributed by atoms with Crippen LogP contribution < -0.4 is 26.6 Å². The molecule has 11 aliphatic heterocycles. The van der Waals surface area contributed by atoms with Crippen molar-refractivity contribution in [2.75, 3.05) is 72.7 Å². The first-order chi connectivity index (χ1) is 64.8. The van der Waals surface area contributed by atoms with Gasteiger partial charge in [0.05, 0.1) is 72.7 Å². The fraction of sp³-hybridized carbons (Fsp3) is 0.934. The Balaban J connectivity index is 0.964. The molecular formula is C76H127N5O56. The molecule has 137 heavy (non-hydrogen) atoms. The molecule has 5 amide bonds. The van der Waals surface area contributed by atoms with Crippen LogP contribution in [0.1, 0.15) is 34.6 Å². The molecule has 0 radical (unpaired) electrons. The van der Waals surface area contributed by atoms with E-state index in [2.05, 4.69) is 26.6 Å². The van der Waals surface area contributed by atoms with Gasteiger partial charge in [0.25, 0.3) is 0 Å². The third-order valence-corrected chi connectivity index (χ3v) is 25.0. The maximum Gasteiger partial charge on any atom is 0.217 e. The van der Waals surface area contributed by atoms with Crippen molar-refractivity contribution >= 4 is 29.5 Å². The predicted octanol–water partition coefficient (Wildman–Crippen LogP) is -24.3. The number of nitrogens with one attached hydrogen (secondary N) is 5. The second kappa shape index (κ2) is 49.5. The fourth-order valence-electron chi connectivity index (χ4n) is 17.7. The number of carbonyl (C=O) groups is 5. The molecule has 792 valence electrons. The smallest absolute Gasteiger partial charge is 0.217 e. The maximum atomic E-state index is 13.2. The molecule has 11 fully saturated rings. The second-order valence-electron chi connectivity index (χ2n) is 34.6. The Labute approximate surface area is 775 Å². The number of hydrogen-bond donors (Lipinski definition) is 35. The van der Waals surface area contributed by atoms with E-state index in [1.807, 2.05) is 0 Å². The van der Waals surface area contributed by atoms with Gasteiger partial charge in [-0.3, -0.25) is 24.0 Å². The summed E-state index contributed by atoms with van der Waals surface area (Å²) in [6.45, 7) is -8.00. The summed E-state index contributed by atoms with van der Waals surface area (Å²) in [6.07, 6.45) is -108. The highest BCUT2D eigenvalue weighted by Gasteiger charge is 2.63. The molecule has 11 aliphatic rings. The van der Waals surface area contributed by atoms with Gasteiger partial charge in [-0.25, -0.2) is 0 Å². The van der Waals surface area contributed by atoms with E-state index in [-0.39, 0.29) is 0 Å². The van der Waals surface area contributed by atoms with Crippen molar-refractivity contribution in [3.05, 3.63) is 0 Å². The van der Waals surface area contributed by atoms with Gasteiger partial charge in [0.15, 0.2) is 69.2 Å². The molecule has 55 atom stereocenters. The van der Waals surface area contributed by atoms with E-state index >= 15 is 0 Å². The van der Waals surface area contributed by atoms with Gasteiger partial charge >= 0.3 is 0 Å². The van der Waals surface area contributed by atoms with E-state index in [0.717, 1.165) is 34.6 Å². The number of rotatable bonds is 36. The van der Waals surface area contributed by atoms with Gasteiger partial charge in [-0.1, -0.05) is 0 Å². The molecule has 0 saturated carbocycles. The van der Waals surface area contributed by atoms with E-state index in [1.54, 1.807) is 0 Å². The first-order valence-electron chi connectivity index (χ1n) is 43.6. The Bertz CT molecular complexity index is 3780. The Morgan fingerprint density at radius 3 is 0.730 bits per heavy atom. The Kier molecular flexibility index (Phi) is 40.7. The number of ether oxygens (including phenoxy) is 21. The third kappa shape index (κ3) is 25.2. The minimum absolute atomic E-state index is 0.827. The molecule has 11 saturated heterocycles. The molecule has 0 aromatic carbocycles. The number of aliphatic hydroxyl groups is 30. The Hall–Kier alpha value is -4.69. The van der Waals surface area contributed by atoms with Crippen LogP contribution in [0.15, 0.2) is 0 Å². The van der Waals surface area contributed by atoms with Crippen LogP contribution in [0, 0.1) is 0 Å². The fourth-order valence-corrected chi connectivity index (χ4v) is 17.7. The minimum atomic E-state index is -2.70. The van der Waals surface area contributed by atoms with E-state index in [1.165, 1.54) is 0 Å². The quantitative estimate of drug-likeness (QED) is 0.0277. The van der Waals surface area contributed by atoms with Gasteiger partial charge in [-0.05, 0) is 0 Å². The predicted molar refractivity (Wildman–Crippen MR) is 420 cm³/mol. The summed E-state index contributed by atoms with van der Waals surface area (Å²) in [5, 5.41) is 349. The van der Waals surface area contributed by atoms with Crippen molar-refractivity contribution in [3.63, 3.8) is 0 Å². The summed E-state index contributed by atoms with van der Waals surface area (Å²) in [5.74, 6) is -4.80. The Morgan fingerprint density at radius 2 is 0.401 bits per heavy atom. The van der Waals surface area contributed by atoms with Crippen LogP contribution in [-0.4, -0.2) is 593 Å². The molecule has 35 N–H and O–H groups in total. The van der Waals surface area contributed by atoms with Crippen molar-refractivity contribution in [2.45, 2.75) is 372 Å². The number of hydrogen-bond acceptors (Lipinski definition) is 56. The average molecular weight is 2010 g/mol. The molecule has 0 spiro atoms. The van der Waals surface area contributed by atoms with Crippen LogP contribution in [0.2, 0.25) is 0 Å². The van der Waals surface area contributed by atoms with Crippen LogP contribution >= 0.6 is 0 Å². The lowest BCUT2D eigenvalue weighted by Crippen LogP contribution is -2.71. The van der Waals surface area contributed by atoms with Gasteiger partial charge < -0.3 is 279 Å². The van der Waals surface area contributed by atoms with Crippen LogP contribution in [0.5, 0.6) is 0 Å².